The van der Waals surface area contributed by atoms with E-state index >= 15 is 0 Å². The molecule has 1 saturated heterocycles. The number of pyridine rings is 1. The zero-order valence-electron chi connectivity index (χ0n) is 8.69. The maximum absolute atomic E-state index is 11.1. The Kier molecular flexibility index (Phi) is 2.14. The van der Waals surface area contributed by atoms with Gasteiger partial charge in [0.05, 0.1) is 5.52 Å². The molecule has 2 aromatic heterocycles. The predicted octanol–water partition coefficient (Wildman–Crippen LogP) is -0.0743. The fourth-order valence-corrected chi connectivity index (χ4v) is 1.97. The van der Waals surface area contributed by atoms with E-state index in [-0.39, 0.29) is 0 Å². The summed E-state index contributed by atoms with van der Waals surface area (Å²) in [6.45, 7) is 3.60. The highest BCUT2D eigenvalue weighted by molar-refractivity contribution is 5.83. The number of nitrogens with zero attached hydrogens (tertiary/aromatic N) is 2. The van der Waals surface area contributed by atoms with Gasteiger partial charge < -0.3 is 14.6 Å². The van der Waals surface area contributed by atoms with Crippen LogP contribution in [0.15, 0.2) is 21.5 Å². The van der Waals surface area contributed by atoms with Crippen molar-refractivity contribution >= 4 is 16.9 Å². The molecule has 0 unspecified atom stereocenters. The highest BCUT2D eigenvalue weighted by Crippen LogP contribution is 2.21. The van der Waals surface area contributed by atoms with Gasteiger partial charge in [0.15, 0.2) is 11.4 Å². The summed E-state index contributed by atoms with van der Waals surface area (Å²) in [6.07, 6.45) is 1.69. The van der Waals surface area contributed by atoms with Crippen molar-refractivity contribution in [1.29, 1.82) is 0 Å². The topological polar surface area (TPSA) is 74.2 Å². The number of H-pyrrole nitrogens is 1. The second kappa shape index (κ2) is 3.64. The van der Waals surface area contributed by atoms with Crippen molar-refractivity contribution in [2.24, 2.45) is 0 Å². The average Bonchev–Trinajstić information content (AvgIpc) is 2.70. The smallest absolute Gasteiger partial charge is 0.404 e. The number of oxazole rings is 1. The van der Waals surface area contributed by atoms with Crippen molar-refractivity contribution in [2.45, 2.75) is 0 Å². The number of anilines is 1. The summed E-state index contributed by atoms with van der Waals surface area (Å²) in [5, 5.41) is 3.27. The van der Waals surface area contributed by atoms with Crippen LogP contribution < -0.4 is 16.0 Å². The van der Waals surface area contributed by atoms with Gasteiger partial charge >= 0.3 is 5.76 Å². The van der Waals surface area contributed by atoms with E-state index in [0.717, 1.165) is 32.0 Å². The summed E-state index contributed by atoms with van der Waals surface area (Å²) in [5.74, 6) is 0.316. The number of hydrogen-bond acceptors (Lipinski definition) is 5. The largest absolute Gasteiger partial charge is 0.417 e. The number of nitrogens with one attached hydrogen (secondary N) is 2. The van der Waals surface area contributed by atoms with Crippen LogP contribution in [0.2, 0.25) is 0 Å². The lowest BCUT2D eigenvalue weighted by atomic mass is 10.3. The van der Waals surface area contributed by atoms with Crippen LogP contribution in [0, 0.1) is 0 Å². The van der Waals surface area contributed by atoms with Gasteiger partial charge in [0.2, 0.25) is 0 Å². The lowest BCUT2D eigenvalue weighted by Crippen LogP contribution is -2.43. The van der Waals surface area contributed by atoms with Crippen LogP contribution >= 0.6 is 0 Å². The fourth-order valence-electron chi connectivity index (χ4n) is 1.97. The van der Waals surface area contributed by atoms with E-state index in [9.17, 15) is 4.79 Å². The number of fused-ring (bicyclic) bond motifs is 1. The molecule has 0 amide bonds. The fraction of sp³-hybridized carbons (Fsp3) is 0.400. The van der Waals surface area contributed by atoms with E-state index in [1.165, 1.54) is 0 Å². The van der Waals surface area contributed by atoms with Crippen LogP contribution in [0.5, 0.6) is 0 Å². The Morgan fingerprint density at radius 3 is 3.00 bits per heavy atom. The number of aromatic amines is 1. The molecule has 6 nitrogen and oxygen atoms in total. The third kappa shape index (κ3) is 1.47. The van der Waals surface area contributed by atoms with E-state index in [2.05, 4.69) is 20.2 Å². The van der Waals surface area contributed by atoms with Gasteiger partial charge in [0, 0.05) is 32.4 Å². The minimum Gasteiger partial charge on any atom is -0.404 e. The molecule has 2 N–H and O–H groups in total. The van der Waals surface area contributed by atoms with E-state index in [4.69, 9.17) is 4.42 Å². The van der Waals surface area contributed by atoms with E-state index in [1.807, 2.05) is 0 Å². The van der Waals surface area contributed by atoms with Crippen molar-refractivity contribution in [3.63, 3.8) is 0 Å². The summed E-state index contributed by atoms with van der Waals surface area (Å²) in [5.41, 5.74) is 1.25. The van der Waals surface area contributed by atoms with Crippen LogP contribution in [-0.2, 0) is 0 Å². The Balaban J connectivity index is 2.11. The van der Waals surface area contributed by atoms with Gasteiger partial charge in [0.1, 0.15) is 0 Å². The van der Waals surface area contributed by atoms with Crippen LogP contribution in [0.3, 0.4) is 0 Å². The van der Waals surface area contributed by atoms with Gasteiger partial charge in [-0.05, 0) is 6.07 Å². The van der Waals surface area contributed by atoms with E-state index in [1.54, 1.807) is 12.3 Å². The number of rotatable bonds is 1. The molecule has 0 aromatic carbocycles. The molecule has 2 aromatic rings. The van der Waals surface area contributed by atoms with Crippen LogP contribution in [0.1, 0.15) is 0 Å². The first kappa shape index (κ1) is 9.41. The first-order chi connectivity index (χ1) is 7.84. The highest BCUT2D eigenvalue weighted by Gasteiger charge is 2.17. The minimum atomic E-state index is -0.431. The van der Waals surface area contributed by atoms with Crippen LogP contribution in [0.4, 0.5) is 5.82 Å². The van der Waals surface area contributed by atoms with Gasteiger partial charge in [-0.1, -0.05) is 0 Å². The molecule has 1 fully saturated rings. The molecule has 1 aliphatic heterocycles. The second-order valence-corrected chi connectivity index (χ2v) is 3.76. The molecule has 3 rings (SSSR count). The molecular weight excluding hydrogens is 208 g/mol. The summed E-state index contributed by atoms with van der Waals surface area (Å²) < 4.78 is 5.12. The van der Waals surface area contributed by atoms with Crippen molar-refractivity contribution < 1.29 is 4.42 Å². The third-order valence-corrected chi connectivity index (χ3v) is 2.73. The SMILES string of the molecule is O=c1[nH]c2ccnc(N3CCNCC3)c2o1. The highest BCUT2D eigenvalue weighted by atomic mass is 16.4. The van der Waals surface area contributed by atoms with Gasteiger partial charge in [-0.2, -0.15) is 0 Å². The normalized spacial score (nSPS) is 16.9. The summed E-state index contributed by atoms with van der Waals surface area (Å²) in [6, 6.07) is 1.74. The summed E-state index contributed by atoms with van der Waals surface area (Å²) in [4.78, 5) is 20.2. The first-order valence-electron chi connectivity index (χ1n) is 5.28. The average molecular weight is 220 g/mol. The Morgan fingerprint density at radius 1 is 1.38 bits per heavy atom. The molecule has 1 aliphatic rings. The molecule has 84 valence electrons. The van der Waals surface area contributed by atoms with Crippen molar-refractivity contribution in [3.05, 3.63) is 22.8 Å². The zero-order chi connectivity index (χ0) is 11.0. The van der Waals surface area contributed by atoms with Crippen LogP contribution in [-0.4, -0.2) is 36.1 Å². The lowest BCUT2D eigenvalue weighted by molar-refractivity contribution is 0.545. The zero-order valence-corrected chi connectivity index (χ0v) is 8.69. The lowest BCUT2D eigenvalue weighted by Gasteiger charge is -2.27. The Hall–Kier alpha value is -1.82. The number of aromatic nitrogens is 2. The quantitative estimate of drug-likeness (QED) is 0.703. The Labute approximate surface area is 91.3 Å². The van der Waals surface area contributed by atoms with E-state index < -0.39 is 5.76 Å². The van der Waals surface area contributed by atoms with Crippen molar-refractivity contribution in [1.82, 2.24) is 15.3 Å². The Bertz CT molecular complexity index is 553. The minimum absolute atomic E-state index is 0.431. The standard InChI is InChI=1S/C10H12N4O2/c15-10-13-7-1-2-12-9(8(7)16-10)14-5-3-11-4-6-14/h1-2,11H,3-6H2,(H,13,15). The van der Waals surface area contributed by atoms with Crippen molar-refractivity contribution in [2.75, 3.05) is 31.1 Å². The summed E-state index contributed by atoms with van der Waals surface area (Å²) >= 11 is 0. The monoisotopic (exact) mass is 220 g/mol. The maximum atomic E-state index is 11.1. The molecule has 0 saturated carbocycles. The molecule has 0 atom stereocenters. The van der Waals surface area contributed by atoms with Crippen LogP contribution in [0.25, 0.3) is 11.1 Å². The first-order valence-corrected chi connectivity index (χ1v) is 5.28. The molecule has 0 bridgehead atoms. The second-order valence-electron chi connectivity index (χ2n) is 3.76. The molecule has 0 spiro atoms. The predicted molar refractivity (Wildman–Crippen MR) is 59.7 cm³/mol. The Morgan fingerprint density at radius 2 is 2.19 bits per heavy atom. The number of hydrogen-bond donors (Lipinski definition) is 2. The van der Waals surface area contributed by atoms with E-state index in [0.29, 0.717) is 11.1 Å². The molecule has 0 radical (unpaired) electrons. The molecule has 6 heteroatoms. The molecule has 3 heterocycles. The van der Waals surface area contributed by atoms with Gasteiger partial charge in [-0.15, -0.1) is 0 Å². The maximum Gasteiger partial charge on any atom is 0.417 e. The molecule has 0 aliphatic carbocycles. The van der Waals surface area contributed by atoms with Gasteiger partial charge in [0.25, 0.3) is 0 Å². The summed E-state index contributed by atoms with van der Waals surface area (Å²) in [7, 11) is 0. The third-order valence-electron chi connectivity index (χ3n) is 2.73. The van der Waals surface area contributed by atoms with Crippen molar-refractivity contribution in [3.8, 4) is 0 Å². The molecular formula is C10H12N4O2. The van der Waals surface area contributed by atoms with Gasteiger partial charge in [-0.25, -0.2) is 9.78 Å². The number of piperazine rings is 1. The van der Waals surface area contributed by atoms with Gasteiger partial charge in [-0.3, -0.25) is 4.98 Å². The molecule has 16 heavy (non-hydrogen) atoms.